The maximum atomic E-state index is 9.39. The predicted molar refractivity (Wildman–Crippen MR) is 162 cm³/mol. The van der Waals surface area contributed by atoms with E-state index in [0.717, 1.165) is 40.2 Å². The van der Waals surface area contributed by atoms with Gasteiger partial charge in [-0.05, 0) is 77.9 Å². The van der Waals surface area contributed by atoms with Gasteiger partial charge in [0.2, 0.25) is 0 Å². The van der Waals surface area contributed by atoms with Gasteiger partial charge in [-0.15, -0.1) is 0 Å². The molecule has 5 rings (SSSR count). The molecule has 0 saturated carbocycles. The van der Waals surface area contributed by atoms with Crippen molar-refractivity contribution in [1.29, 1.82) is 0 Å². The summed E-state index contributed by atoms with van der Waals surface area (Å²) in [5.74, 6) is 1.48. The monoisotopic (exact) mass is 532 g/mol. The number of allylic oxidation sites excluding steroid dienone is 2. The summed E-state index contributed by atoms with van der Waals surface area (Å²) >= 11 is 0. The minimum Gasteiger partial charge on any atom is -0.491 e. The van der Waals surface area contributed by atoms with Gasteiger partial charge in [0.15, 0.2) is 0 Å². The number of hydrogen-bond acceptors (Lipinski definition) is 4. The third-order valence-corrected chi connectivity index (χ3v) is 7.50. The molecule has 0 fully saturated rings. The largest absolute Gasteiger partial charge is 0.491 e. The Morgan fingerprint density at radius 2 is 1.10 bits per heavy atom. The second kappa shape index (κ2) is 12.4. The molecular formula is C36H36O4. The van der Waals surface area contributed by atoms with Crippen LogP contribution in [0.5, 0.6) is 11.5 Å². The van der Waals surface area contributed by atoms with Gasteiger partial charge in [0.1, 0.15) is 24.7 Å². The number of ether oxygens (including phenoxy) is 2. The van der Waals surface area contributed by atoms with Crippen LogP contribution in [-0.2, 0) is 11.8 Å². The second-order valence-corrected chi connectivity index (χ2v) is 9.89. The number of rotatable bonds is 10. The molecule has 204 valence electrons. The Kier molecular flexibility index (Phi) is 8.49. The molecule has 0 spiro atoms. The smallest absolute Gasteiger partial charge is 0.126 e. The lowest BCUT2D eigenvalue weighted by atomic mass is 9.59. The lowest BCUT2D eigenvalue weighted by Crippen LogP contribution is -2.36. The van der Waals surface area contributed by atoms with Gasteiger partial charge in [-0.25, -0.2) is 0 Å². The lowest BCUT2D eigenvalue weighted by molar-refractivity contribution is 0.201. The van der Waals surface area contributed by atoms with Crippen molar-refractivity contribution in [3.8, 4) is 11.5 Å². The van der Waals surface area contributed by atoms with Gasteiger partial charge in [-0.3, -0.25) is 0 Å². The van der Waals surface area contributed by atoms with Crippen molar-refractivity contribution in [2.75, 3.05) is 26.4 Å². The Labute approximate surface area is 236 Å². The molecule has 0 saturated heterocycles. The molecule has 0 aliphatic heterocycles. The minimum atomic E-state index is -0.594. The molecule has 1 aliphatic carbocycles. The van der Waals surface area contributed by atoms with Gasteiger partial charge in [0, 0.05) is 11.1 Å². The summed E-state index contributed by atoms with van der Waals surface area (Å²) in [7, 11) is 0. The molecule has 0 bridgehead atoms. The molecule has 4 aromatic rings. The van der Waals surface area contributed by atoms with Gasteiger partial charge in [0.25, 0.3) is 0 Å². The second-order valence-electron chi connectivity index (χ2n) is 9.89. The molecule has 40 heavy (non-hydrogen) atoms. The van der Waals surface area contributed by atoms with Crippen molar-refractivity contribution < 1.29 is 19.7 Å². The summed E-state index contributed by atoms with van der Waals surface area (Å²) in [6, 6.07) is 30.2. The van der Waals surface area contributed by atoms with E-state index in [1.165, 1.54) is 22.3 Å². The molecule has 4 nitrogen and oxygen atoms in total. The summed E-state index contributed by atoms with van der Waals surface area (Å²) in [5.41, 5.74) is 8.68. The van der Waals surface area contributed by atoms with Crippen molar-refractivity contribution in [3.05, 3.63) is 142 Å². The van der Waals surface area contributed by atoms with Gasteiger partial charge in [0.05, 0.1) is 18.6 Å². The Balaban J connectivity index is 1.86. The van der Waals surface area contributed by atoms with Crippen molar-refractivity contribution >= 4 is 12.2 Å². The fourth-order valence-corrected chi connectivity index (χ4v) is 5.98. The predicted octanol–water partition coefficient (Wildman–Crippen LogP) is 6.78. The first-order valence-electron chi connectivity index (χ1n) is 13.9. The van der Waals surface area contributed by atoms with Crippen LogP contribution in [0.1, 0.15) is 58.4 Å². The summed E-state index contributed by atoms with van der Waals surface area (Å²) in [5, 5.41) is 18.8. The van der Waals surface area contributed by atoms with Crippen LogP contribution < -0.4 is 9.47 Å². The number of benzene rings is 4. The zero-order valence-corrected chi connectivity index (χ0v) is 23.1. The summed E-state index contributed by atoms with van der Waals surface area (Å²) < 4.78 is 11.8. The van der Waals surface area contributed by atoms with E-state index in [1.807, 2.05) is 38.1 Å². The van der Waals surface area contributed by atoms with Crippen LogP contribution in [0.3, 0.4) is 0 Å². The highest BCUT2D eigenvalue weighted by atomic mass is 16.5. The van der Waals surface area contributed by atoms with E-state index in [2.05, 4.69) is 84.9 Å². The molecule has 2 N–H and O–H groups in total. The maximum absolute atomic E-state index is 9.39. The van der Waals surface area contributed by atoms with Crippen LogP contribution in [0.2, 0.25) is 0 Å². The fourth-order valence-electron chi connectivity index (χ4n) is 5.98. The molecule has 0 aromatic heterocycles. The molecule has 0 radical (unpaired) electrons. The van der Waals surface area contributed by atoms with Crippen LogP contribution in [0.25, 0.3) is 12.2 Å². The van der Waals surface area contributed by atoms with Gasteiger partial charge in [-0.2, -0.15) is 0 Å². The fraction of sp³-hybridized carbons (Fsp3) is 0.222. The maximum Gasteiger partial charge on any atom is 0.126 e. The summed E-state index contributed by atoms with van der Waals surface area (Å²) in [6.07, 6.45) is 9.01. The molecule has 0 amide bonds. The van der Waals surface area contributed by atoms with E-state index < -0.39 is 5.41 Å². The Morgan fingerprint density at radius 3 is 1.52 bits per heavy atom. The lowest BCUT2D eigenvalue weighted by Gasteiger charge is -2.42. The van der Waals surface area contributed by atoms with E-state index in [9.17, 15) is 10.2 Å². The number of aliphatic hydroxyl groups is 2. The third kappa shape index (κ3) is 4.97. The van der Waals surface area contributed by atoms with Crippen molar-refractivity contribution in [3.63, 3.8) is 0 Å². The molecule has 0 atom stereocenters. The average Bonchev–Trinajstić information content (AvgIpc) is 2.99. The van der Waals surface area contributed by atoms with E-state index in [0.29, 0.717) is 0 Å². The normalized spacial score (nSPS) is 13.8. The Bertz CT molecular complexity index is 1420. The first-order valence-corrected chi connectivity index (χ1v) is 13.9. The SMILES string of the molecule is CC=Cc1cc(C2(c3ccc(OCCO)c(C=CC)c3)c3ccccc3Cc3ccccc32)ccc1OCCO. The van der Waals surface area contributed by atoms with Gasteiger partial charge >= 0.3 is 0 Å². The zero-order valence-electron chi connectivity index (χ0n) is 23.1. The summed E-state index contributed by atoms with van der Waals surface area (Å²) in [6.45, 7) is 4.39. The Morgan fingerprint density at radius 1 is 0.650 bits per heavy atom. The van der Waals surface area contributed by atoms with Crippen molar-refractivity contribution in [1.82, 2.24) is 0 Å². The van der Waals surface area contributed by atoms with E-state index >= 15 is 0 Å². The van der Waals surface area contributed by atoms with Crippen LogP contribution in [0, 0.1) is 0 Å². The summed E-state index contributed by atoms with van der Waals surface area (Å²) in [4.78, 5) is 0. The average molecular weight is 533 g/mol. The van der Waals surface area contributed by atoms with E-state index in [-0.39, 0.29) is 26.4 Å². The third-order valence-electron chi connectivity index (χ3n) is 7.50. The van der Waals surface area contributed by atoms with Gasteiger partial charge < -0.3 is 19.7 Å². The zero-order chi connectivity index (χ0) is 28.0. The quantitative estimate of drug-likeness (QED) is 0.208. The Hall–Kier alpha value is -4.12. The molecular weight excluding hydrogens is 496 g/mol. The molecule has 4 heteroatoms. The standard InChI is InChI=1S/C36H36O4/c1-3-9-28-24-30(15-17-34(28)39-21-19-37)36(31-16-18-35(40-22-20-38)29(25-31)10-4-2)32-13-7-5-11-26(32)23-27-12-6-8-14-33(27)36/h3-18,24-25,37-38H,19-23H2,1-2H3. The first-order chi connectivity index (χ1) is 19.7. The number of hydrogen-bond donors (Lipinski definition) is 2. The first kappa shape index (κ1) is 27.4. The van der Waals surface area contributed by atoms with Crippen LogP contribution >= 0.6 is 0 Å². The topological polar surface area (TPSA) is 58.9 Å². The van der Waals surface area contributed by atoms with E-state index in [1.54, 1.807) is 0 Å². The highest BCUT2D eigenvalue weighted by molar-refractivity contribution is 5.71. The highest BCUT2D eigenvalue weighted by Gasteiger charge is 2.44. The van der Waals surface area contributed by atoms with Crippen molar-refractivity contribution in [2.45, 2.75) is 25.7 Å². The molecule has 0 heterocycles. The number of fused-ring (bicyclic) bond motifs is 2. The van der Waals surface area contributed by atoms with Crippen LogP contribution in [0.4, 0.5) is 0 Å². The van der Waals surface area contributed by atoms with Gasteiger partial charge in [-0.1, -0.05) is 85.0 Å². The highest BCUT2D eigenvalue weighted by Crippen LogP contribution is 2.52. The van der Waals surface area contributed by atoms with Crippen LogP contribution in [-0.4, -0.2) is 36.6 Å². The minimum absolute atomic E-state index is 0.0415. The van der Waals surface area contributed by atoms with E-state index in [4.69, 9.17) is 9.47 Å². The molecule has 4 aromatic carbocycles. The molecule has 0 unspecified atom stereocenters. The number of aliphatic hydroxyl groups excluding tert-OH is 2. The molecule has 1 aliphatic rings. The van der Waals surface area contributed by atoms with Crippen LogP contribution in [0.15, 0.2) is 97.1 Å². The van der Waals surface area contributed by atoms with Crippen molar-refractivity contribution in [2.24, 2.45) is 0 Å².